The van der Waals surface area contributed by atoms with Crippen LogP contribution in [0.4, 0.5) is 0 Å². The number of hydrogen-bond acceptors (Lipinski definition) is 6. The summed E-state index contributed by atoms with van der Waals surface area (Å²) in [5.41, 5.74) is 2.08. The maximum atomic E-state index is 11.1. The van der Waals surface area contributed by atoms with Crippen LogP contribution in [0.25, 0.3) is 11.6 Å². The molecule has 0 bridgehead atoms. The molecule has 0 fully saturated rings. The van der Waals surface area contributed by atoms with Gasteiger partial charge in [-0.3, -0.25) is 0 Å². The molecule has 2 aromatic rings. The van der Waals surface area contributed by atoms with E-state index >= 15 is 0 Å². The minimum Gasteiger partial charge on any atom is -0.482 e. The zero-order valence-electron chi connectivity index (χ0n) is 13.5. The number of carbonyl (C=O) groups excluding carboxylic acids is 1. The van der Waals surface area contributed by atoms with E-state index in [0.717, 1.165) is 11.1 Å². The van der Waals surface area contributed by atoms with Crippen molar-refractivity contribution in [3.05, 3.63) is 53.6 Å². The van der Waals surface area contributed by atoms with E-state index in [4.69, 9.17) is 14.2 Å². The Morgan fingerprint density at radius 1 is 1.20 bits per heavy atom. The van der Waals surface area contributed by atoms with Gasteiger partial charge in [0.05, 0.1) is 18.8 Å². The number of ether oxygens (including phenoxy) is 4. The Hall–Kier alpha value is -3.46. The first-order valence-corrected chi connectivity index (χ1v) is 7.51. The second kappa shape index (κ2) is 7.41. The quantitative estimate of drug-likeness (QED) is 0.474. The molecule has 0 atom stereocenters. The van der Waals surface area contributed by atoms with Crippen LogP contribution in [0, 0.1) is 11.3 Å². The largest absolute Gasteiger partial charge is 0.482 e. The molecule has 0 spiro atoms. The van der Waals surface area contributed by atoms with Gasteiger partial charge in [-0.1, -0.05) is 12.1 Å². The molecule has 6 heteroatoms. The van der Waals surface area contributed by atoms with E-state index in [1.54, 1.807) is 42.5 Å². The highest BCUT2D eigenvalue weighted by Gasteiger charge is 2.14. The minimum atomic E-state index is -0.446. The number of rotatable bonds is 5. The summed E-state index contributed by atoms with van der Waals surface area (Å²) in [6.07, 6.45) is 1.77. The number of fused-ring (bicyclic) bond motifs is 1. The summed E-state index contributed by atoms with van der Waals surface area (Å²) in [5.74, 6) is 1.40. The Morgan fingerprint density at radius 2 is 1.96 bits per heavy atom. The van der Waals surface area contributed by atoms with Gasteiger partial charge in [0, 0.05) is 0 Å². The molecule has 0 saturated heterocycles. The Morgan fingerprint density at radius 3 is 2.68 bits per heavy atom. The molecule has 126 valence electrons. The zero-order chi connectivity index (χ0) is 17.6. The predicted molar refractivity (Wildman–Crippen MR) is 90.0 cm³/mol. The molecule has 0 saturated carbocycles. The van der Waals surface area contributed by atoms with Crippen molar-refractivity contribution in [2.45, 2.75) is 0 Å². The number of esters is 1. The normalized spacial score (nSPS) is 12.4. The Balaban J connectivity index is 1.76. The Kier molecular flexibility index (Phi) is 4.86. The number of benzene rings is 2. The lowest BCUT2D eigenvalue weighted by atomic mass is 10.0. The number of nitrogens with zero attached hydrogens (tertiary/aromatic N) is 1. The molecule has 1 aliphatic rings. The van der Waals surface area contributed by atoms with E-state index in [1.807, 2.05) is 6.07 Å². The van der Waals surface area contributed by atoms with E-state index < -0.39 is 5.97 Å². The molecular weight excluding hydrogens is 322 g/mol. The number of methoxy groups -OCH3 is 1. The van der Waals surface area contributed by atoms with Crippen LogP contribution in [-0.4, -0.2) is 26.5 Å². The van der Waals surface area contributed by atoms with Crippen molar-refractivity contribution in [3.8, 4) is 23.3 Å². The van der Waals surface area contributed by atoms with Crippen molar-refractivity contribution in [1.82, 2.24) is 0 Å². The van der Waals surface area contributed by atoms with Gasteiger partial charge in [-0.15, -0.1) is 0 Å². The van der Waals surface area contributed by atoms with Crippen molar-refractivity contribution in [2.75, 3.05) is 20.5 Å². The second-order valence-corrected chi connectivity index (χ2v) is 5.17. The summed E-state index contributed by atoms with van der Waals surface area (Å²) >= 11 is 0. The summed E-state index contributed by atoms with van der Waals surface area (Å²) < 4.78 is 20.4. The fourth-order valence-corrected chi connectivity index (χ4v) is 2.27. The van der Waals surface area contributed by atoms with Crippen molar-refractivity contribution in [2.24, 2.45) is 0 Å². The summed E-state index contributed by atoms with van der Waals surface area (Å²) in [6.45, 7) is 0.0454. The lowest BCUT2D eigenvalue weighted by Crippen LogP contribution is -2.12. The number of nitriles is 1. The molecule has 1 aliphatic heterocycles. The predicted octanol–water partition coefficient (Wildman–Crippen LogP) is 3.03. The van der Waals surface area contributed by atoms with Gasteiger partial charge in [-0.05, 0) is 47.5 Å². The SMILES string of the molecule is COC(=O)COc1ccc(/C=C(/C#N)c2ccc3c(c2)OCO3)cc1. The molecule has 6 nitrogen and oxygen atoms in total. The van der Waals surface area contributed by atoms with Crippen LogP contribution in [-0.2, 0) is 9.53 Å². The van der Waals surface area contributed by atoms with E-state index in [1.165, 1.54) is 7.11 Å². The van der Waals surface area contributed by atoms with Gasteiger partial charge in [-0.2, -0.15) is 5.26 Å². The average Bonchev–Trinajstić information content (AvgIpc) is 3.12. The topological polar surface area (TPSA) is 77.8 Å². The second-order valence-electron chi connectivity index (χ2n) is 5.17. The highest BCUT2D eigenvalue weighted by atomic mass is 16.7. The zero-order valence-corrected chi connectivity index (χ0v) is 13.5. The fraction of sp³-hybridized carbons (Fsp3) is 0.158. The molecule has 0 aliphatic carbocycles. The molecular formula is C19H15NO5. The van der Waals surface area contributed by atoms with Crippen molar-refractivity contribution >= 4 is 17.6 Å². The van der Waals surface area contributed by atoms with Crippen molar-refractivity contribution in [1.29, 1.82) is 5.26 Å². The van der Waals surface area contributed by atoms with Crippen LogP contribution < -0.4 is 14.2 Å². The van der Waals surface area contributed by atoms with E-state index in [2.05, 4.69) is 10.8 Å². The molecule has 0 N–H and O–H groups in total. The average molecular weight is 337 g/mol. The van der Waals surface area contributed by atoms with E-state index in [0.29, 0.717) is 22.8 Å². The van der Waals surface area contributed by atoms with Gasteiger partial charge in [0.1, 0.15) is 5.75 Å². The first kappa shape index (κ1) is 16.4. The molecule has 0 unspecified atom stereocenters. The van der Waals surface area contributed by atoms with Gasteiger partial charge in [0.2, 0.25) is 6.79 Å². The van der Waals surface area contributed by atoms with Crippen LogP contribution in [0.15, 0.2) is 42.5 Å². The molecule has 0 amide bonds. The van der Waals surface area contributed by atoms with Crippen LogP contribution in [0.2, 0.25) is 0 Å². The number of allylic oxidation sites excluding steroid dienone is 1. The smallest absolute Gasteiger partial charge is 0.343 e. The molecule has 2 aromatic carbocycles. The Labute approximate surface area is 144 Å². The number of hydrogen-bond donors (Lipinski definition) is 0. The first-order valence-electron chi connectivity index (χ1n) is 7.51. The maximum absolute atomic E-state index is 11.1. The van der Waals surface area contributed by atoms with Gasteiger partial charge in [-0.25, -0.2) is 4.79 Å². The monoisotopic (exact) mass is 337 g/mol. The van der Waals surface area contributed by atoms with Gasteiger partial charge < -0.3 is 18.9 Å². The molecule has 3 rings (SSSR count). The van der Waals surface area contributed by atoms with Crippen LogP contribution in [0.1, 0.15) is 11.1 Å². The molecule has 1 heterocycles. The lowest BCUT2D eigenvalue weighted by molar-refractivity contribution is -0.142. The third kappa shape index (κ3) is 3.90. The van der Waals surface area contributed by atoms with Gasteiger partial charge >= 0.3 is 5.97 Å². The van der Waals surface area contributed by atoms with E-state index in [9.17, 15) is 10.1 Å². The first-order chi connectivity index (χ1) is 12.2. The molecule has 0 radical (unpaired) electrons. The summed E-state index contributed by atoms with van der Waals surface area (Å²) in [7, 11) is 1.30. The molecule has 0 aromatic heterocycles. The van der Waals surface area contributed by atoms with Gasteiger partial charge in [0.25, 0.3) is 0 Å². The summed E-state index contributed by atoms with van der Waals surface area (Å²) in [4.78, 5) is 11.1. The Bertz CT molecular complexity index is 849. The fourth-order valence-electron chi connectivity index (χ4n) is 2.27. The standard InChI is InChI=1S/C19H15NO5/c1-22-19(21)11-23-16-5-2-13(3-6-16)8-15(10-20)14-4-7-17-18(9-14)25-12-24-17/h2-9H,11-12H2,1H3/b15-8-. The van der Waals surface area contributed by atoms with Crippen molar-refractivity contribution in [3.63, 3.8) is 0 Å². The highest BCUT2D eigenvalue weighted by molar-refractivity contribution is 5.90. The van der Waals surface area contributed by atoms with Crippen LogP contribution in [0.3, 0.4) is 0 Å². The lowest BCUT2D eigenvalue weighted by Gasteiger charge is -2.05. The van der Waals surface area contributed by atoms with Gasteiger partial charge in [0.15, 0.2) is 18.1 Å². The van der Waals surface area contributed by atoms with Crippen molar-refractivity contribution < 1.29 is 23.7 Å². The van der Waals surface area contributed by atoms with Crippen LogP contribution >= 0.6 is 0 Å². The molecule has 25 heavy (non-hydrogen) atoms. The van der Waals surface area contributed by atoms with E-state index in [-0.39, 0.29) is 13.4 Å². The maximum Gasteiger partial charge on any atom is 0.343 e. The summed E-state index contributed by atoms with van der Waals surface area (Å²) in [6, 6.07) is 14.6. The highest BCUT2D eigenvalue weighted by Crippen LogP contribution is 2.34. The third-order valence-electron chi connectivity index (χ3n) is 3.58. The van der Waals surface area contributed by atoms with Crippen LogP contribution in [0.5, 0.6) is 17.2 Å². The summed E-state index contributed by atoms with van der Waals surface area (Å²) in [5, 5.41) is 9.45. The minimum absolute atomic E-state index is 0.146. The third-order valence-corrected chi connectivity index (χ3v) is 3.58. The number of carbonyl (C=O) groups is 1.